The second kappa shape index (κ2) is 6.84. The first-order chi connectivity index (χ1) is 11.1. The number of halogens is 2. The molecule has 1 aromatic carbocycles. The lowest BCUT2D eigenvalue weighted by Gasteiger charge is -2.37. The minimum atomic E-state index is -0.704. The second-order valence-corrected chi connectivity index (χ2v) is 6.18. The van der Waals surface area contributed by atoms with E-state index in [1.807, 2.05) is 0 Å². The fourth-order valence-electron chi connectivity index (χ4n) is 3.30. The molecule has 2 aliphatic rings. The maximum atomic E-state index is 13.7. The van der Waals surface area contributed by atoms with Crippen molar-refractivity contribution < 1.29 is 18.7 Å². The standard InChI is InChI=1S/C16H18ClFN2O3/c17-10-3-1-4-11(18)15(10)16(22)19-9-14(21)20-7-8-23-13-6-2-5-12(13)20/h1,3-4,12-13H,2,5-9H2,(H,19,22)/t12-,13+/m0/s1. The monoisotopic (exact) mass is 340 g/mol. The maximum Gasteiger partial charge on any atom is 0.256 e. The molecule has 1 aliphatic carbocycles. The fourth-order valence-corrected chi connectivity index (χ4v) is 3.54. The highest BCUT2D eigenvalue weighted by atomic mass is 35.5. The summed E-state index contributed by atoms with van der Waals surface area (Å²) >= 11 is 5.85. The first kappa shape index (κ1) is 16.2. The summed E-state index contributed by atoms with van der Waals surface area (Å²) < 4.78 is 19.4. The zero-order chi connectivity index (χ0) is 16.4. The van der Waals surface area contributed by atoms with Gasteiger partial charge in [-0.05, 0) is 31.4 Å². The van der Waals surface area contributed by atoms with Gasteiger partial charge in [0.05, 0.1) is 35.9 Å². The Hall–Kier alpha value is -1.66. The number of fused-ring (bicyclic) bond motifs is 1. The quantitative estimate of drug-likeness (QED) is 0.915. The highest BCUT2D eigenvalue weighted by molar-refractivity contribution is 6.33. The molecule has 1 aliphatic heterocycles. The molecule has 1 aromatic rings. The number of rotatable bonds is 3. The van der Waals surface area contributed by atoms with E-state index in [4.69, 9.17) is 16.3 Å². The van der Waals surface area contributed by atoms with Gasteiger partial charge in [0, 0.05) is 6.54 Å². The highest BCUT2D eigenvalue weighted by Crippen LogP contribution is 2.29. The van der Waals surface area contributed by atoms with Gasteiger partial charge in [-0.25, -0.2) is 4.39 Å². The molecule has 1 heterocycles. The van der Waals surface area contributed by atoms with Gasteiger partial charge in [-0.15, -0.1) is 0 Å². The van der Waals surface area contributed by atoms with E-state index in [-0.39, 0.29) is 35.2 Å². The van der Waals surface area contributed by atoms with Crippen molar-refractivity contribution in [2.75, 3.05) is 19.7 Å². The molecule has 124 valence electrons. The second-order valence-electron chi connectivity index (χ2n) is 5.77. The van der Waals surface area contributed by atoms with Crippen LogP contribution in [0.5, 0.6) is 0 Å². The molecule has 7 heteroatoms. The van der Waals surface area contributed by atoms with E-state index in [0.717, 1.165) is 25.3 Å². The van der Waals surface area contributed by atoms with Gasteiger partial charge in [0.15, 0.2) is 0 Å². The van der Waals surface area contributed by atoms with Gasteiger partial charge in [0.2, 0.25) is 5.91 Å². The van der Waals surface area contributed by atoms with Gasteiger partial charge in [-0.2, -0.15) is 0 Å². The Morgan fingerprint density at radius 3 is 3.00 bits per heavy atom. The van der Waals surface area contributed by atoms with Crippen LogP contribution < -0.4 is 5.32 Å². The van der Waals surface area contributed by atoms with Crippen molar-refractivity contribution in [1.29, 1.82) is 0 Å². The summed E-state index contributed by atoms with van der Waals surface area (Å²) in [7, 11) is 0. The van der Waals surface area contributed by atoms with Crippen molar-refractivity contribution in [2.45, 2.75) is 31.4 Å². The van der Waals surface area contributed by atoms with Gasteiger partial charge in [0.1, 0.15) is 5.82 Å². The Bertz CT molecular complexity index is 605. The molecular formula is C16H18ClFN2O3. The number of nitrogens with zero attached hydrogens (tertiary/aromatic N) is 1. The molecule has 1 saturated carbocycles. The highest BCUT2D eigenvalue weighted by Gasteiger charge is 2.38. The molecule has 5 nitrogen and oxygen atoms in total. The van der Waals surface area contributed by atoms with Gasteiger partial charge in [-0.1, -0.05) is 17.7 Å². The maximum absolute atomic E-state index is 13.7. The van der Waals surface area contributed by atoms with Crippen LogP contribution in [0.3, 0.4) is 0 Å². The Balaban J connectivity index is 1.61. The Kier molecular flexibility index (Phi) is 4.82. The van der Waals surface area contributed by atoms with E-state index in [1.54, 1.807) is 4.90 Å². The van der Waals surface area contributed by atoms with Crippen LogP contribution >= 0.6 is 11.6 Å². The molecular weight excluding hydrogens is 323 g/mol. The summed E-state index contributed by atoms with van der Waals surface area (Å²) in [6, 6.07) is 4.11. The molecule has 0 bridgehead atoms. The Morgan fingerprint density at radius 1 is 1.39 bits per heavy atom. The van der Waals surface area contributed by atoms with E-state index in [2.05, 4.69) is 5.32 Å². The van der Waals surface area contributed by atoms with Crippen LogP contribution in [0.1, 0.15) is 29.6 Å². The third kappa shape index (κ3) is 3.33. The minimum absolute atomic E-state index is 0.0252. The van der Waals surface area contributed by atoms with Gasteiger partial charge >= 0.3 is 0 Å². The largest absolute Gasteiger partial charge is 0.374 e. The average Bonchev–Trinajstić information content (AvgIpc) is 3.00. The lowest BCUT2D eigenvalue weighted by molar-refractivity contribution is -0.142. The van der Waals surface area contributed by atoms with E-state index in [0.29, 0.717) is 13.2 Å². The number of carbonyl (C=O) groups excluding carboxylic acids is 2. The third-order valence-electron chi connectivity index (χ3n) is 4.39. The molecule has 2 fully saturated rings. The van der Waals surface area contributed by atoms with Crippen LogP contribution in [0, 0.1) is 5.82 Å². The minimum Gasteiger partial charge on any atom is -0.374 e. The number of benzene rings is 1. The van der Waals surface area contributed by atoms with Crippen molar-refractivity contribution in [3.8, 4) is 0 Å². The first-order valence-corrected chi connectivity index (χ1v) is 8.09. The van der Waals surface area contributed by atoms with Crippen LogP contribution in [-0.4, -0.2) is 48.6 Å². The van der Waals surface area contributed by atoms with Crippen molar-refractivity contribution in [3.05, 3.63) is 34.6 Å². The normalized spacial score (nSPS) is 23.5. The molecule has 1 saturated heterocycles. The lowest BCUT2D eigenvalue weighted by Crippen LogP contribution is -2.53. The summed E-state index contributed by atoms with van der Waals surface area (Å²) in [5.41, 5.74) is -0.234. The van der Waals surface area contributed by atoms with Crippen molar-refractivity contribution >= 4 is 23.4 Å². The molecule has 3 rings (SSSR count). The number of ether oxygens (including phenoxy) is 1. The van der Waals surface area contributed by atoms with Crippen LogP contribution in [0.2, 0.25) is 5.02 Å². The number of hydrogen-bond donors (Lipinski definition) is 1. The van der Waals surface area contributed by atoms with Crippen molar-refractivity contribution in [1.82, 2.24) is 10.2 Å². The summed E-state index contributed by atoms with van der Waals surface area (Å²) in [6.45, 7) is 0.864. The number of amides is 2. The lowest BCUT2D eigenvalue weighted by atomic mass is 10.1. The number of nitrogens with one attached hydrogen (secondary N) is 1. The molecule has 0 radical (unpaired) electrons. The summed E-state index contributed by atoms with van der Waals surface area (Å²) in [6.07, 6.45) is 3.02. The van der Waals surface area contributed by atoms with Crippen LogP contribution in [0.4, 0.5) is 4.39 Å². The predicted octanol–water partition coefficient (Wildman–Crippen LogP) is 1.99. The molecule has 0 unspecified atom stereocenters. The zero-order valence-electron chi connectivity index (χ0n) is 12.6. The average molecular weight is 341 g/mol. The zero-order valence-corrected chi connectivity index (χ0v) is 13.3. The van der Waals surface area contributed by atoms with Crippen molar-refractivity contribution in [2.24, 2.45) is 0 Å². The molecule has 2 atom stereocenters. The van der Waals surface area contributed by atoms with E-state index in [9.17, 15) is 14.0 Å². The van der Waals surface area contributed by atoms with E-state index >= 15 is 0 Å². The van der Waals surface area contributed by atoms with Crippen LogP contribution in [-0.2, 0) is 9.53 Å². The van der Waals surface area contributed by atoms with Crippen LogP contribution in [0.15, 0.2) is 18.2 Å². The number of hydrogen-bond acceptors (Lipinski definition) is 3. The van der Waals surface area contributed by atoms with Gasteiger partial charge in [-0.3, -0.25) is 9.59 Å². The van der Waals surface area contributed by atoms with Gasteiger partial charge < -0.3 is 15.0 Å². The van der Waals surface area contributed by atoms with E-state index < -0.39 is 11.7 Å². The van der Waals surface area contributed by atoms with E-state index in [1.165, 1.54) is 12.1 Å². The molecule has 0 spiro atoms. The number of carbonyl (C=O) groups is 2. The van der Waals surface area contributed by atoms with Crippen LogP contribution in [0.25, 0.3) is 0 Å². The third-order valence-corrected chi connectivity index (χ3v) is 4.71. The fraction of sp³-hybridized carbons (Fsp3) is 0.500. The molecule has 1 N–H and O–H groups in total. The number of morpholine rings is 1. The van der Waals surface area contributed by atoms with Gasteiger partial charge in [0.25, 0.3) is 5.91 Å². The topological polar surface area (TPSA) is 58.6 Å². The Morgan fingerprint density at radius 2 is 2.22 bits per heavy atom. The molecule has 2 amide bonds. The summed E-state index contributed by atoms with van der Waals surface area (Å²) in [5.74, 6) is -1.56. The van der Waals surface area contributed by atoms with Crippen molar-refractivity contribution in [3.63, 3.8) is 0 Å². The summed E-state index contributed by atoms with van der Waals surface area (Å²) in [5, 5.41) is 2.49. The predicted molar refractivity (Wildman–Crippen MR) is 82.8 cm³/mol. The Labute approximate surface area is 138 Å². The molecule has 0 aromatic heterocycles. The smallest absolute Gasteiger partial charge is 0.256 e. The SMILES string of the molecule is O=C(NCC(=O)N1CCO[C@@H]2CCC[C@@H]21)c1c(F)cccc1Cl. The summed E-state index contributed by atoms with van der Waals surface area (Å²) in [4.78, 5) is 26.2. The first-order valence-electron chi connectivity index (χ1n) is 7.71. The molecule has 23 heavy (non-hydrogen) atoms.